The highest BCUT2D eigenvalue weighted by atomic mass is 79.9. The Hall–Kier alpha value is -1.70. The molecule has 2 aromatic rings. The fraction of sp³-hybridized carbons (Fsp3) is 0.333. The molecule has 7 heteroatoms. The molecule has 1 aromatic heterocycles. The van der Waals surface area contributed by atoms with Gasteiger partial charge < -0.3 is 15.1 Å². The van der Waals surface area contributed by atoms with Gasteiger partial charge in [-0.25, -0.2) is 4.68 Å². The number of benzene rings is 1. The minimum absolute atomic E-state index is 0.00168. The van der Waals surface area contributed by atoms with Gasteiger partial charge in [-0.3, -0.25) is 4.79 Å². The van der Waals surface area contributed by atoms with Gasteiger partial charge in [-0.1, -0.05) is 22.0 Å². The third-order valence-corrected chi connectivity index (χ3v) is 3.62. The van der Waals surface area contributed by atoms with Crippen LogP contribution in [0.5, 0.6) is 0 Å². The predicted molar refractivity (Wildman–Crippen MR) is 86.0 cm³/mol. The lowest BCUT2D eigenvalue weighted by atomic mass is 10.3. The van der Waals surface area contributed by atoms with Crippen LogP contribution in [0.2, 0.25) is 0 Å². The second-order valence-corrected chi connectivity index (χ2v) is 5.63. The molecule has 0 aliphatic carbocycles. The summed E-state index contributed by atoms with van der Waals surface area (Å²) >= 11 is 3.40. The highest BCUT2D eigenvalue weighted by Crippen LogP contribution is 2.15. The summed E-state index contributed by atoms with van der Waals surface area (Å²) in [7, 11) is 0. The highest BCUT2D eigenvalue weighted by molar-refractivity contribution is 9.10. The van der Waals surface area contributed by atoms with Crippen LogP contribution in [-0.2, 0) is 0 Å². The maximum absolute atomic E-state index is 12.4. The van der Waals surface area contributed by atoms with E-state index < -0.39 is 0 Å². The number of amides is 1. The largest absolute Gasteiger partial charge is 0.396 e. The third-order valence-electron chi connectivity index (χ3n) is 3.12. The molecular formula is C15H18BrN3O3. The lowest BCUT2D eigenvalue weighted by Gasteiger charge is -2.20. The molecule has 1 amide bonds. The third kappa shape index (κ3) is 4.16. The van der Waals surface area contributed by atoms with E-state index in [-0.39, 0.29) is 25.7 Å². The van der Waals surface area contributed by atoms with Gasteiger partial charge in [-0.05, 0) is 30.7 Å². The topological polar surface area (TPSA) is 78.6 Å². The Morgan fingerprint density at radius 1 is 1.23 bits per heavy atom. The number of hydrogen-bond acceptors (Lipinski definition) is 4. The van der Waals surface area contributed by atoms with E-state index >= 15 is 0 Å². The van der Waals surface area contributed by atoms with Gasteiger partial charge in [0.2, 0.25) is 0 Å². The van der Waals surface area contributed by atoms with Crippen LogP contribution >= 0.6 is 15.9 Å². The lowest BCUT2D eigenvalue weighted by molar-refractivity contribution is 0.0703. The van der Waals surface area contributed by atoms with Crippen molar-refractivity contribution < 1.29 is 15.0 Å². The molecule has 2 rings (SSSR count). The summed E-state index contributed by atoms with van der Waals surface area (Å²) in [6.45, 7) is 0.493. The van der Waals surface area contributed by atoms with Gasteiger partial charge in [-0.2, -0.15) is 5.10 Å². The molecule has 1 heterocycles. The second kappa shape index (κ2) is 8.07. The quantitative estimate of drug-likeness (QED) is 0.776. The van der Waals surface area contributed by atoms with Crippen molar-refractivity contribution >= 4 is 21.8 Å². The number of rotatable bonds is 7. The molecule has 0 fully saturated rings. The zero-order valence-corrected chi connectivity index (χ0v) is 13.6. The summed E-state index contributed by atoms with van der Waals surface area (Å²) in [5.74, 6) is -0.253. The van der Waals surface area contributed by atoms with Crippen molar-refractivity contribution in [3.63, 3.8) is 0 Å². The van der Waals surface area contributed by atoms with Crippen molar-refractivity contribution in [2.45, 2.75) is 6.42 Å². The summed E-state index contributed by atoms with van der Waals surface area (Å²) in [4.78, 5) is 13.9. The zero-order valence-electron chi connectivity index (χ0n) is 12.0. The van der Waals surface area contributed by atoms with Gasteiger partial charge in [0.15, 0.2) is 5.69 Å². The number of halogens is 1. The molecule has 22 heavy (non-hydrogen) atoms. The molecular weight excluding hydrogens is 350 g/mol. The van der Waals surface area contributed by atoms with Gasteiger partial charge in [0, 0.05) is 30.4 Å². The Bertz CT molecular complexity index is 630. The minimum atomic E-state index is -0.253. The standard InChI is InChI=1S/C15H18BrN3O3/c16-12-3-1-4-13(11-12)19-7-5-14(17-19)15(22)18(8-10-21)6-2-9-20/h1,3-5,7,11,20-21H,2,6,8-10H2. The van der Waals surface area contributed by atoms with Crippen LogP contribution in [0.3, 0.4) is 0 Å². The first-order valence-electron chi connectivity index (χ1n) is 6.98. The number of aromatic nitrogens is 2. The van der Waals surface area contributed by atoms with E-state index in [0.29, 0.717) is 18.7 Å². The summed E-state index contributed by atoms with van der Waals surface area (Å²) < 4.78 is 2.56. The lowest BCUT2D eigenvalue weighted by Crippen LogP contribution is -2.35. The Balaban J connectivity index is 2.16. The average molecular weight is 368 g/mol. The zero-order chi connectivity index (χ0) is 15.9. The molecule has 0 radical (unpaired) electrons. The molecule has 0 saturated carbocycles. The maximum Gasteiger partial charge on any atom is 0.274 e. The smallest absolute Gasteiger partial charge is 0.274 e. The highest BCUT2D eigenvalue weighted by Gasteiger charge is 2.17. The van der Waals surface area contributed by atoms with Crippen LogP contribution in [0.1, 0.15) is 16.9 Å². The number of carbonyl (C=O) groups is 1. The van der Waals surface area contributed by atoms with Gasteiger partial charge in [0.05, 0.1) is 12.3 Å². The van der Waals surface area contributed by atoms with Crippen LogP contribution in [0, 0.1) is 0 Å². The van der Waals surface area contributed by atoms with Crippen LogP contribution in [-0.4, -0.2) is 57.1 Å². The fourth-order valence-corrected chi connectivity index (χ4v) is 2.45. The van der Waals surface area contributed by atoms with E-state index in [2.05, 4.69) is 21.0 Å². The van der Waals surface area contributed by atoms with E-state index in [1.165, 1.54) is 4.90 Å². The molecule has 0 aliphatic rings. The fourth-order valence-electron chi connectivity index (χ4n) is 2.06. The first-order valence-corrected chi connectivity index (χ1v) is 7.77. The molecule has 0 spiro atoms. The average Bonchev–Trinajstić information content (AvgIpc) is 3.00. The number of aliphatic hydroxyl groups is 2. The van der Waals surface area contributed by atoms with Crippen LogP contribution in [0.4, 0.5) is 0 Å². The number of carbonyl (C=O) groups excluding carboxylic acids is 1. The van der Waals surface area contributed by atoms with Crippen molar-refractivity contribution in [3.05, 3.63) is 46.7 Å². The normalized spacial score (nSPS) is 10.7. The molecule has 0 unspecified atom stereocenters. The van der Waals surface area contributed by atoms with E-state index in [0.717, 1.165) is 10.2 Å². The second-order valence-electron chi connectivity index (χ2n) is 4.72. The molecule has 0 atom stereocenters. The molecule has 0 bridgehead atoms. The molecule has 118 valence electrons. The van der Waals surface area contributed by atoms with Gasteiger partial charge in [0.1, 0.15) is 0 Å². The number of hydrogen-bond donors (Lipinski definition) is 2. The number of nitrogens with zero attached hydrogens (tertiary/aromatic N) is 3. The Labute approximate surface area is 137 Å². The molecule has 2 N–H and O–H groups in total. The van der Waals surface area contributed by atoms with E-state index in [1.54, 1.807) is 16.9 Å². The van der Waals surface area contributed by atoms with Gasteiger partial charge in [-0.15, -0.1) is 0 Å². The Kier molecular flexibility index (Phi) is 6.11. The van der Waals surface area contributed by atoms with Crippen molar-refractivity contribution in [3.8, 4) is 5.69 Å². The molecule has 1 aromatic carbocycles. The molecule has 0 aliphatic heterocycles. The van der Waals surface area contributed by atoms with Crippen molar-refractivity contribution in [1.82, 2.24) is 14.7 Å². The van der Waals surface area contributed by atoms with E-state index in [9.17, 15) is 4.79 Å². The SMILES string of the molecule is O=C(c1ccn(-c2cccc(Br)c2)n1)N(CCO)CCCO. The van der Waals surface area contributed by atoms with E-state index in [4.69, 9.17) is 10.2 Å². The van der Waals surface area contributed by atoms with Crippen molar-refractivity contribution in [2.75, 3.05) is 26.3 Å². The summed E-state index contributed by atoms with van der Waals surface area (Å²) in [6.07, 6.45) is 2.19. The molecule has 6 nitrogen and oxygen atoms in total. The minimum Gasteiger partial charge on any atom is -0.396 e. The monoisotopic (exact) mass is 367 g/mol. The van der Waals surface area contributed by atoms with Gasteiger partial charge in [0.25, 0.3) is 5.91 Å². The van der Waals surface area contributed by atoms with Crippen LogP contribution in [0.15, 0.2) is 41.0 Å². The summed E-state index contributed by atoms with van der Waals surface area (Å²) in [5, 5.41) is 22.2. The van der Waals surface area contributed by atoms with Crippen molar-refractivity contribution in [1.29, 1.82) is 0 Å². The van der Waals surface area contributed by atoms with Crippen molar-refractivity contribution in [2.24, 2.45) is 0 Å². The molecule has 0 saturated heterocycles. The van der Waals surface area contributed by atoms with Gasteiger partial charge >= 0.3 is 0 Å². The first-order chi connectivity index (χ1) is 10.7. The van der Waals surface area contributed by atoms with Crippen LogP contribution < -0.4 is 0 Å². The Morgan fingerprint density at radius 3 is 2.73 bits per heavy atom. The first kappa shape index (κ1) is 16.7. The Morgan fingerprint density at radius 2 is 2.05 bits per heavy atom. The van der Waals surface area contributed by atoms with Crippen LogP contribution in [0.25, 0.3) is 5.69 Å². The number of aliphatic hydroxyl groups excluding tert-OH is 2. The predicted octanol–water partition coefficient (Wildman–Crippen LogP) is 1.45. The maximum atomic E-state index is 12.4. The summed E-state index contributed by atoms with van der Waals surface area (Å²) in [6, 6.07) is 9.24. The van der Waals surface area contributed by atoms with E-state index in [1.807, 2.05) is 24.3 Å². The summed E-state index contributed by atoms with van der Waals surface area (Å²) in [5.41, 5.74) is 1.16.